The van der Waals surface area contributed by atoms with Gasteiger partial charge in [-0.1, -0.05) is 121 Å². The van der Waals surface area contributed by atoms with Gasteiger partial charge in [-0.25, -0.2) is 15.0 Å². The lowest BCUT2D eigenvalue weighted by Crippen LogP contribution is -2.00. The number of furan rings is 2. The van der Waals surface area contributed by atoms with Crippen LogP contribution in [0.4, 0.5) is 0 Å². The normalized spacial score (nSPS) is 11.6. The number of hydrogen-bond donors (Lipinski definition) is 0. The average Bonchev–Trinajstić information content (AvgIpc) is 3.76. The molecule has 234 valence electrons. The van der Waals surface area contributed by atoms with Gasteiger partial charge in [0.1, 0.15) is 22.3 Å². The molecule has 0 amide bonds. The monoisotopic (exact) mass is 641 g/mol. The van der Waals surface area contributed by atoms with E-state index in [2.05, 4.69) is 72.8 Å². The molecule has 3 aromatic heterocycles. The molecule has 0 bridgehead atoms. The van der Waals surface area contributed by atoms with E-state index in [4.69, 9.17) is 23.8 Å². The minimum Gasteiger partial charge on any atom is -0.456 e. The van der Waals surface area contributed by atoms with Crippen LogP contribution in [0.3, 0.4) is 0 Å². The third kappa shape index (κ3) is 4.75. The fourth-order valence-corrected chi connectivity index (χ4v) is 6.92. The van der Waals surface area contributed by atoms with Crippen molar-refractivity contribution in [2.24, 2.45) is 0 Å². The van der Waals surface area contributed by atoms with E-state index < -0.39 is 0 Å². The first kappa shape index (κ1) is 28.2. The van der Waals surface area contributed by atoms with Crippen LogP contribution in [0.1, 0.15) is 0 Å². The number of para-hydroxylation sites is 2. The highest BCUT2D eigenvalue weighted by Gasteiger charge is 2.18. The zero-order valence-corrected chi connectivity index (χ0v) is 26.7. The van der Waals surface area contributed by atoms with Crippen molar-refractivity contribution in [2.45, 2.75) is 0 Å². The molecule has 0 aliphatic heterocycles. The quantitative estimate of drug-likeness (QED) is 0.187. The third-order valence-electron chi connectivity index (χ3n) is 9.32. The van der Waals surface area contributed by atoms with Crippen LogP contribution in [-0.4, -0.2) is 15.0 Å². The zero-order chi connectivity index (χ0) is 33.0. The molecule has 0 aliphatic rings. The Bertz CT molecular complexity index is 2810. The molecule has 0 saturated heterocycles. The summed E-state index contributed by atoms with van der Waals surface area (Å²) in [6, 6.07) is 55.8. The van der Waals surface area contributed by atoms with E-state index in [9.17, 15) is 0 Å². The second-order valence-corrected chi connectivity index (χ2v) is 12.4. The standard InChI is InChI=1S/C45H27N3O2/c1-3-12-28(13-4-1)43-46-44(29-14-5-2-6-15-29)48-45(47-43)32-17-11-16-31(24-32)37-25-33(27-41-42(37)36-19-8-10-21-39(36)50-41)30-22-23-35-34-18-7-9-20-38(34)49-40(35)26-30/h1-27H. The van der Waals surface area contributed by atoms with Crippen molar-refractivity contribution >= 4 is 43.9 Å². The molecule has 7 aromatic carbocycles. The molecule has 5 nitrogen and oxygen atoms in total. The lowest BCUT2D eigenvalue weighted by Gasteiger charge is -2.11. The maximum Gasteiger partial charge on any atom is 0.164 e. The molecule has 5 heteroatoms. The van der Waals surface area contributed by atoms with Gasteiger partial charge in [0.15, 0.2) is 17.5 Å². The van der Waals surface area contributed by atoms with Crippen molar-refractivity contribution in [1.82, 2.24) is 15.0 Å². The second-order valence-electron chi connectivity index (χ2n) is 12.4. The molecular weight excluding hydrogens is 615 g/mol. The molecule has 10 rings (SSSR count). The number of fused-ring (bicyclic) bond motifs is 6. The van der Waals surface area contributed by atoms with E-state index in [0.717, 1.165) is 82.8 Å². The Morgan fingerprint density at radius 2 is 0.820 bits per heavy atom. The lowest BCUT2D eigenvalue weighted by molar-refractivity contribution is 0.668. The van der Waals surface area contributed by atoms with Gasteiger partial charge in [-0.15, -0.1) is 0 Å². The third-order valence-corrected chi connectivity index (χ3v) is 9.32. The smallest absolute Gasteiger partial charge is 0.164 e. The molecule has 0 unspecified atom stereocenters. The van der Waals surface area contributed by atoms with Gasteiger partial charge in [-0.05, 0) is 64.7 Å². The minimum atomic E-state index is 0.611. The summed E-state index contributed by atoms with van der Waals surface area (Å²) in [5.41, 5.74) is 10.4. The summed E-state index contributed by atoms with van der Waals surface area (Å²) in [4.78, 5) is 14.9. The largest absolute Gasteiger partial charge is 0.456 e. The first-order valence-electron chi connectivity index (χ1n) is 16.6. The summed E-state index contributed by atoms with van der Waals surface area (Å²) in [5, 5.41) is 4.35. The van der Waals surface area contributed by atoms with Crippen LogP contribution in [0.5, 0.6) is 0 Å². The van der Waals surface area contributed by atoms with Crippen molar-refractivity contribution in [3.05, 3.63) is 164 Å². The van der Waals surface area contributed by atoms with Crippen LogP contribution in [0, 0.1) is 0 Å². The Hall–Kier alpha value is -6.85. The Morgan fingerprint density at radius 1 is 0.300 bits per heavy atom. The molecule has 0 saturated carbocycles. The molecule has 50 heavy (non-hydrogen) atoms. The van der Waals surface area contributed by atoms with Crippen molar-refractivity contribution in [1.29, 1.82) is 0 Å². The maximum atomic E-state index is 6.50. The van der Waals surface area contributed by atoms with Gasteiger partial charge in [0, 0.05) is 38.2 Å². The molecule has 10 aromatic rings. The summed E-state index contributed by atoms with van der Waals surface area (Å²) < 4.78 is 12.8. The van der Waals surface area contributed by atoms with E-state index >= 15 is 0 Å². The van der Waals surface area contributed by atoms with Crippen molar-refractivity contribution in [3.8, 4) is 56.4 Å². The Labute approximate surface area is 287 Å². The molecule has 0 N–H and O–H groups in total. The van der Waals surface area contributed by atoms with Gasteiger partial charge in [-0.2, -0.15) is 0 Å². The number of benzene rings is 7. The second kappa shape index (κ2) is 11.4. The van der Waals surface area contributed by atoms with Crippen LogP contribution < -0.4 is 0 Å². The average molecular weight is 642 g/mol. The molecule has 0 fully saturated rings. The highest BCUT2D eigenvalue weighted by molar-refractivity contribution is 6.14. The van der Waals surface area contributed by atoms with E-state index in [0.29, 0.717) is 17.5 Å². The van der Waals surface area contributed by atoms with Crippen LogP contribution in [0.15, 0.2) is 173 Å². The van der Waals surface area contributed by atoms with E-state index in [1.165, 1.54) is 0 Å². The predicted molar refractivity (Wildman–Crippen MR) is 202 cm³/mol. The van der Waals surface area contributed by atoms with Crippen LogP contribution in [-0.2, 0) is 0 Å². The first-order valence-corrected chi connectivity index (χ1v) is 16.6. The number of nitrogens with zero attached hydrogens (tertiary/aromatic N) is 3. The van der Waals surface area contributed by atoms with E-state index in [1.807, 2.05) is 91.0 Å². The first-order chi connectivity index (χ1) is 24.7. The van der Waals surface area contributed by atoms with Crippen molar-refractivity contribution in [2.75, 3.05) is 0 Å². The predicted octanol–water partition coefficient (Wildman–Crippen LogP) is 12.0. The minimum absolute atomic E-state index is 0.611. The highest BCUT2D eigenvalue weighted by atomic mass is 16.3. The van der Waals surface area contributed by atoms with Crippen LogP contribution >= 0.6 is 0 Å². The molecule has 3 heterocycles. The van der Waals surface area contributed by atoms with E-state index in [1.54, 1.807) is 0 Å². The number of hydrogen-bond acceptors (Lipinski definition) is 5. The van der Waals surface area contributed by atoms with Gasteiger partial charge in [0.2, 0.25) is 0 Å². The van der Waals surface area contributed by atoms with Gasteiger partial charge < -0.3 is 8.83 Å². The summed E-state index contributed by atoms with van der Waals surface area (Å²) in [6.45, 7) is 0. The molecule has 0 atom stereocenters. The van der Waals surface area contributed by atoms with Crippen LogP contribution in [0.2, 0.25) is 0 Å². The SMILES string of the molecule is c1ccc(-c2nc(-c3ccccc3)nc(-c3cccc(-c4cc(-c5ccc6c(c5)oc5ccccc56)cc5oc6ccccc6c45)c3)n2)cc1. The Kier molecular flexibility index (Phi) is 6.42. The fraction of sp³-hybridized carbons (Fsp3) is 0. The number of rotatable bonds is 5. The Morgan fingerprint density at radius 3 is 1.54 bits per heavy atom. The van der Waals surface area contributed by atoms with Crippen LogP contribution in [0.25, 0.3) is 100 Å². The summed E-state index contributed by atoms with van der Waals surface area (Å²) in [6.07, 6.45) is 0. The lowest BCUT2D eigenvalue weighted by atomic mass is 9.93. The van der Waals surface area contributed by atoms with E-state index in [-0.39, 0.29) is 0 Å². The van der Waals surface area contributed by atoms with Crippen molar-refractivity contribution < 1.29 is 8.83 Å². The maximum absolute atomic E-state index is 6.50. The van der Waals surface area contributed by atoms with Crippen molar-refractivity contribution in [3.63, 3.8) is 0 Å². The summed E-state index contributed by atoms with van der Waals surface area (Å²) in [5.74, 6) is 1.87. The molecule has 0 aliphatic carbocycles. The zero-order valence-electron chi connectivity index (χ0n) is 26.7. The van der Waals surface area contributed by atoms with Gasteiger partial charge in [0.05, 0.1) is 0 Å². The highest BCUT2D eigenvalue weighted by Crippen LogP contribution is 2.42. The summed E-state index contributed by atoms with van der Waals surface area (Å²) in [7, 11) is 0. The van der Waals surface area contributed by atoms with Gasteiger partial charge >= 0.3 is 0 Å². The Balaban J connectivity index is 1.17. The van der Waals surface area contributed by atoms with Gasteiger partial charge in [0.25, 0.3) is 0 Å². The fourth-order valence-electron chi connectivity index (χ4n) is 6.92. The number of aromatic nitrogens is 3. The molecular formula is C45H27N3O2. The molecule has 0 spiro atoms. The topological polar surface area (TPSA) is 65.0 Å². The van der Waals surface area contributed by atoms with Gasteiger partial charge in [-0.3, -0.25) is 0 Å². The summed E-state index contributed by atoms with van der Waals surface area (Å²) >= 11 is 0. The molecule has 0 radical (unpaired) electrons.